The van der Waals surface area contributed by atoms with Gasteiger partial charge < -0.3 is 9.05 Å². The zero-order valence-corrected chi connectivity index (χ0v) is 4.32. The highest BCUT2D eigenvalue weighted by molar-refractivity contribution is 7.26. The highest BCUT2D eigenvalue weighted by atomic mass is 31.1. The molecule has 0 bridgehead atoms. The van der Waals surface area contributed by atoms with E-state index in [1.54, 1.807) is 14.2 Å². The highest BCUT2D eigenvalue weighted by Gasteiger charge is 1.64. The second-order valence-electron chi connectivity index (χ2n) is 0.492. The summed E-state index contributed by atoms with van der Waals surface area (Å²) >= 11 is 0. The molecule has 0 aliphatic heterocycles. The molecule has 0 aromatic carbocycles. The molecular weight excluding hydrogens is 87.0 g/mol. The second kappa shape index (κ2) is 4.35. The fraction of sp³-hybridized carbons (Fsp3) is 1.00. The van der Waals surface area contributed by atoms with Crippen molar-refractivity contribution in [2.24, 2.45) is 0 Å². The van der Waals surface area contributed by atoms with Gasteiger partial charge in [-0.05, 0) is 0 Å². The fourth-order valence-electron chi connectivity index (χ4n) is 0.0833. The van der Waals surface area contributed by atoms with Gasteiger partial charge in [0.25, 0.3) is 0 Å². The molecule has 0 radical (unpaired) electrons. The minimum Gasteiger partial charge on any atom is -0.340 e. The molecule has 0 fully saturated rings. The van der Waals surface area contributed by atoms with Gasteiger partial charge in [0, 0.05) is 15.6 Å². The molecule has 0 saturated carbocycles. The molecule has 0 aliphatic rings. The largest absolute Gasteiger partial charge is 0.340 e. The van der Waals surface area contributed by atoms with E-state index < -0.39 is 0 Å². The normalized spacial score (nSPS) is 8.40. The Kier molecular flexibility index (Phi) is 4.65. The third-order valence-electron chi connectivity index (χ3n) is 0.167. The molecule has 2 nitrogen and oxygen atoms in total. The number of rotatable bonds is 2. The van der Waals surface area contributed by atoms with E-state index in [9.17, 15) is 0 Å². The Morgan fingerprint density at radius 3 is 1.80 bits per heavy atom. The lowest BCUT2D eigenvalue weighted by Gasteiger charge is -1.86. The van der Waals surface area contributed by atoms with Crippen LogP contribution in [0.1, 0.15) is 1.43 Å². The van der Waals surface area contributed by atoms with Crippen molar-refractivity contribution in [2.45, 2.75) is 0 Å². The predicted molar refractivity (Wildman–Crippen MR) is 24.4 cm³/mol. The van der Waals surface area contributed by atoms with Crippen LogP contribution in [-0.2, 0) is 9.05 Å². The van der Waals surface area contributed by atoms with Gasteiger partial charge >= 0.3 is 0 Å². The molecule has 0 rings (SSSR count). The average molecular weight is 96.1 g/mol. The molecular formula is C2H9O2P. The van der Waals surface area contributed by atoms with Crippen molar-refractivity contribution < 1.29 is 10.5 Å². The van der Waals surface area contributed by atoms with Gasteiger partial charge in [0.1, 0.15) is 0 Å². The van der Waals surface area contributed by atoms with Crippen LogP contribution in [0.25, 0.3) is 0 Å². The summed E-state index contributed by atoms with van der Waals surface area (Å²) in [6.45, 7) is 0. The summed E-state index contributed by atoms with van der Waals surface area (Å²) < 4.78 is 8.99. The van der Waals surface area contributed by atoms with E-state index in [1.165, 1.54) is 0 Å². The zero-order valence-electron chi connectivity index (χ0n) is 3.32. The first-order valence-corrected chi connectivity index (χ1v) is 2.04. The van der Waals surface area contributed by atoms with Crippen molar-refractivity contribution in [3.05, 3.63) is 0 Å². The fourth-order valence-corrected chi connectivity index (χ4v) is 0.250. The van der Waals surface area contributed by atoms with E-state index in [0.717, 1.165) is 0 Å². The Balaban J connectivity index is 0. The van der Waals surface area contributed by atoms with Crippen molar-refractivity contribution in [1.29, 1.82) is 0 Å². The summed E-state index contributed by atoms with van der Waals surface area (Å²) in [4.78, 5) is 0. The molecule has 0 saturated heterocycles. The Labute approximate surface area is 34.9 Å². The molecule has 0 aromatic rings. The van der Waals surface area contributed by atoms with Gasteiger partial charge in [-0.15, -0.1) is 0 Å². The summed E-state index contributed by atoms with van der Waals surface area (Å²) in [5.74, 6) is 0. The third-order valence-corrected chi connectivity index (χ3v) is 0.500. The zero-order chi connectivity index (χ0) is 4.12. The molecule has 0 atom stereocenters. The SMILES string of the molecule is COPOC.[HH]. The molecule has 0 N–H and O–H groups in total. The standard InChI is InChI=1S/C2H7O2P.H2/c1-3-5-4-2;/h5H,1-2H3;1H. The molecule has 5 heavy (non-hydrogen) atoms. The van der Waals surface area contributed by atoms with Gasteiger partial charge in [-0.2, -0.15) is 0 Å². The second-order valence-corrected chi connectivity index (χ2v) is 1.47. The number of hydrogen-bond donors (Lipinski definition) is 0. The minimum atomic E-state index is 0. The van der Waals surface area contributed by atoms with Gasteiger partial charge in [0.05, 0.1) is 0 Å². The maximum Gasteiger partial charge on any atom is 0.154 e. The van der Waals surface area contributed by atoms with E-state index in [0.29, 0.717) is 0 Å². The van der Waals surface area contributed by atoms with Gasteiger partial charge in [-0.3, -0.25) is 0 Å². The van der Waals surface area contributed by atoms with Crippen molar-refractivity contribution in [3.63, 3.8) is 0 Å². The van der Waals surface area contributed by atoms with Crippen LogP contribution in [0.5, 0.6) is 0 Å². The predicted octanol–water partition coefficient (Wildman–Crippen LogP) is 1.03. The summed E-state index contributed by atoms with van der Waals surface area (Å²) in [6.07, 6.45) is 0. The van der Waals surface area contributed by atoms with Crippen LogP contribution in [0.3, 0.4) is 0 Å². The topological polar surface area (TPSA) is 18.5 Å². The van der Waals surface area contributed by atoms with Crippen LogP contribution in [0.15, 0.2) is 0 Å². The van der Waals surface area contributed by atoms with Crippen LogP contribution in [-0.4, -0.2) is 14.2 Å². The van der Waals surface area contributed by atoms with Crippen molar-refractivity contribution in [2.75, 3.05) is 14.2 Å². The van der Waals surface area contributed by atoms with Gasteiger partial charge in [-0.25, -0.2) is 0 Å². The lowest BCUT2D eigenvalue weighted by atomic mass is 11.8. The molecule has 34 valence electrons. The Morgan fingerprint density at radius 2 is 1.80 bits per heavy atom. The summed E-state index contributed by atoms with van der Waals surface area (Å²) in [6, 6.07) is 0. The summed E-state index contributed by atoms with van der Waals surface area (Å²) in [7, 11) is 3.40. The maximum absolute atomic E-state index is 4.50. The Morgan fingerprint density at radius 1 is 1.40 bits per heavy atom. The lowest BCUT2D eigenvalue weighted by molar-refractivity contribution is 0.362. The molecule has 3 heteroatoms. The van der Waals surface area contributed by atoms with Crippen LogP contribution in [0.4, 0.5) is 0 Å². The highest BCUT2D eigenvalue weighted by Crippen LogP contribution is 2.05. The van der Waals surface area contributed by atoms with Gasteiger partial charge in [0.2, 0.25) is 0 Å². The first-order valence-electron chi connectivity index (χ1n) is 1.22. The van der Waals surface area contributed by atoms with Crippen LogP contribution >= 0.6 is 9.03 Å². The molecule has 0 spiro atoms. The first kappa shape index (κ1) is 5.35. The minimum absolute atomic E-state index is 0. The molecule has 0 heterocycles. The van der Waals surface area contributed by atoms with E-state index in [2.05, 4.69) is 9.05 Å². The van der Waals surface area contributed by atoms with Crippen molar-refractivity contribution >= 4 is 9.03 Å². The van der Waals surface area contributed by atoms with Gasteiger partial charge in [-0.1, -0.05) is 0 Å². The van der Waals surface area contributed by atoms with E-state index >= 15 is 0 Å². The Hall–Kier alpha value is 0.350. The molecule has 0 amide bonds. The van der Waals surface area contributed by atoms with Crippen molar-refractivity contribution in [3.8, 4) is 0 Å². The summed E-state index contributed by atoms with van der Waals surface area (Å²) in [5.41, 5.74) is 0. The average Bonchev–Trinajstić information content (AvgIpc) is 1.41. The van der Waals surface area contributed by atoms with Crippen LogP contribution < -0.4 is 0 Å². The smallest absolute Gasteiger partial charge is 0.154 e. The van der Waals surface area contributed by atoms with Crippen molar-refractivity contribution in [1.82, 2.24) is 0 Å². The molecule has 0 aliphatic carbocycles. The maximum atomic E-state index is 4.50. The van der Waals surface area contributed by atoms with Gasteiger partial charge in [0.15, 0.2) is 9.03 Å². The third kappa shape index (κ3) is 4.35. The lowest BCUT2D eigenvalue weighted by Crippen LogP contribution is -1.60. The van der Waals surface area contributed by atoms with E-state index in [-0.39, 0.29) is 10.5 Å². The van der Waals surface area contributed by atoms with Crippen LogP contribution in [0.2, 0.25) is 0 Å². The van der Waals surface area contributed by atoms with E-state index in [4.69, 9.17) is 0 Å². The first-order chi connectivity index (χ1) is 2.41. The van der Waals surface area contributed by atoms with Crippen LogP contribution in [0, 0.1) is 0 Å². The van der Waals surface area contributed by atoms with E-state index in [1.807, 2.05) is 0 Å². The quantitative estimate of drug-likeness (QED) is 0.478. The molecule has 0 aromatic heterocycles. The monoisotopic (exact) mass is 96.0 g/mol. The Bertz CT molecular complexity index is 19.0. The summed E-state index contributed by atoms with van der Waals surface area (Å²) in [5, 5.41) is 0. The number of hydrogen-bond acceptors (Lipinski definition) is 2. The molecule has 0 unspecified atom stereocenters.